The Hall–Kier alpha value is -3.21. The summed E-state index contributed by atoms with van der Waals surface area (Å²) >= 11 is 0. The Balaban J connectivity index is 1.85. The highest BCUT2D eigenvalue weighted by atomic mass is 19.1. The van der Waals surface area contributed by atoms with Crippen LogP contribution in [0.5, 0.6) is 0 Å². The van der Waals surface area contributed by atoms with E-state index < -0.39 is 0 Å². The van der Waals surface area contributed by atoms with Gasteiger partial charge >= 0.3 is 0 Å². The first-order valence-corrected chi connectivity index (χ1v) is 8.02. The number of rotatable bonds is 5. The van der Waals surface area contributed by atoms with Crippen LogP contribution in [0.25, 0.3) is 0 Å². The van der Waals surface area contributed by atoms with Gasteiger partial charge in [0.15, 0.2) is 0 Å². The Morgan fingerprint density at radius 2 is 1.80 bits per heavy atom. The molecule has 1 amide bonds. The van der Waals surface area contributed by atoms with Gasteiger partial charge in [0.2, 0.25) is 0 Å². The minimum Gasteiger partial charge on any atom is -0.352 e. The summed E-state index contributed by atoms with van der Waals surface area (Å²) in [5.74, 6) is -0.517. The second-order valence-corrected chi connectivity index (χ2v) is 5.45. The largest absolute Gasteiger partial charge is 0.352 e. The number of nitrogens with one attached hydrogen (secondary N) is 1. The van der Waals surface area contributed by atoms with Gasteiger partial charge in [-0.3, -0.25) is 9.78 Å². The molecule has 0 saturated carbocycles. The molecule has 2 aromatic carbocycles. The van der Waals surface area contributed by atoms with E-state index in [4.69, 9.17) is 0 Å². The van der Waals surface area contributed by atoms with Crippen LogP contribution in [0.1, 0.15) is 17.3 Å². The molecule has 0 aliphatic carbocycles. The second-order valence-electron chi connectivity index (χ2n) is 5.45. The number of hydrogen-bond donors (Lipinski definition) is 1. The number of halogens is 1. The SMILES string of the molecule is CCN(C(=O)c1cncc(Nc2ccccc2F)c1)c1ccccc1. The molecule has 1 heterocycles. The summed E-state index contributed by atoms with van der Waals surface area (Å²) < 4.78 is 13.8. The Kier molecular flexibility index (Phi) is 5.04. The van der Waals surface area contributed by atoms with E-state index in [2.05, 4.69) is 10.3 Å². The summed E-state index contributed by atoms with van der Waals surface area (Å²) in [6.07, 6.45) is 3.07. The summed E-state index contributed by atoms with van der Waals surface area (Å²) in [5.41, 5.74) is 2.15. The number of nitrogens with zero attached hydrogens (tertiary/aromatic N) is 2. The van der Waals surface area contributed by atoms with Gasteiger partial charge in [-0.05, 0) is 37.3 Å². The minimum atomic E-state index is -0.362. The van der Waals surface area contributed by atoms with Gasteiger partial charge in [0.05, 0.1) is 23.1 Å². The molecule has 25 heavy (non-hydrogen) atoms. The molecule has 0 saturated heterocycles. The Labute approximate surface area is 145 Å². The summed E-state index contributed by atoms with van der Waals surface area (Å²) in [5, 5.41) is 2.96. The molecule has 1 N–H and O–H groups in total. The van der Waals surface area contributed by atoms with Crippen molar-refractivity contribution >= 4 is 23.0 Å². The first kappa shape index (κ1) is 16.6. The molecule has 0 atom stereocenters. The van der Waals surface area contributed by atoms with Gasteiger partial charge in [-0.1, -0.05) is 30.3 Å². The number of amides is 1. The lowest BCUT2D eigenvalue weighted by Gasteiger charge is -2.21. The number of benzene rings is 2. The molecule has 0 fully saturated rings. The first-order chi connectivity index (χ1) is 12.2. The molecule has 3 aromatic rings. The zero-order chi connectivity index (χ0) is 17.6. The second kappa shape index (κ2) is 7.57. The van der Waals surface area contributed by atoms with E-state index in [1.807, 2.05) is 37.3 Å². The van der Waals surface area contributed by atoms with Crippen molar-refractivity contribution in [1.82, 2.24) is 4.98 Å². The minimum absolute atomic E-state index is 0.154. The van der Waals surface area contributed by atoms with Gasteiger partial charge in [0, 0.05) is 18.4 Å². The lowest BCUT2D eigenvalue weighted by Crippen LogP contribution is -2.30. The van der Waals surface area contributed by atoms with E-state index in [-0.39, 0.29) is 11.7 Å². The van der Waals surface area contributed by atoms with Crippen LogP contribution in [-0.4, -0.2) is 17.4 Å². The summed E-state index contributed by atoms with van der Waals surface area (Å²) in [4.78, 5) is 18.6. The van der Waals surface area contributed by atoms with Crippen molar-refractivity contribution < 1.29 is 9.18 Å². The summed E-state index contributed by atoms with van der Waals surface area (Å²) in [6.45, 7) is 2.45. The number of carbonyl (C=O) groups is 1. The number of para-hydroxylation sites is 2. The van der Waals surface area contributed by atoms with Crippen LogP contribution in [0.2, 0.25) is 0 Å². The van der Waals surface area contributed by atoms with Crippen LogP contribution in [-0.2, 0) is 0 Å². The highest BCUT2D eigenvalue weighted by molar-refractivity contribution is 6.06. The molecule has 126 valence electrons. The number of carbonyl (C=O) groups excluding carboxylic acids is 1. The maximum atomic E-state index is 13.8. The Morgan fingerprint density at radius 3 is 2.52 bits per heavy atom. The molecular weight excluding hydrogens is 317 g/mol. The predicted octanol–water partition coefficient (Wildman–Crippen LogP) is 4.63. The number of anilines is 3. The van der Waals surface area contributed by atoms with E-state index in [0.29, 0.717) is 23.5 Å². The molecule has 1 aromatic heterocycles. The maximum Gasteiger partial charge on any atom is 0.259 e. The Bertz CT molecular complexity index is 868. The molecule has 3 rings (SSSR count). The van der Waals surface area contributed by atoms with Gasteiger partial charge in [0.1, 0.15) is 5.82 Å². The van der Waals surface area contributed by atoms with E-state index in [1.165, 1.54) is 12.3 Å². The van der Waals surface area contributed by atoms with Crippen molar-refractivity contribution in [3.05, 3.63) is 84.4 Å². The van der Waals surface area contributed by atoms with Crippen molar-refractivity contribution in [3.8, 4) is 0 Å². The standard InChI is InChI=1S/C20H18FN3O/c1-2-24(17-8-4-3-5-9-17)20(25)15-12-16(14-22-13-15)23-19-11-7-6-10-18(19)21/h3-14,23H,2H2,1H3. The molecule has 4 nitrogen and oxygen atoms in total. The lowest BCUT2D eigenvalue weighted by atomic mass is 10.2. The fourth-order valence-corrected chi connectivity index (χ4v) is 2.55. The van der Waals surface area contributed by atoms with Gasteiger partial charge in [-0.25, -0.2) is 4.39 Å². The van der Waals surface area contributed by atoms with Gasteiger partial charge in [0.25, 0.3) is 5.91 Å². The van der Waals surface area contributed by atoms with Crippen LogP contribution in [0.4, 0.5) is 21.5 Å². The average Bonchev–Trinajstić information content (AvgIpc) is 2.65. The zero-order valence-corrected chi connectivity index (χ0v) is 13.8. The molecular formula is C20H18FN3O. The quantitative estimate of drug-likeness (QED) is 0.739. The van der Waals surface area contributed by atoms with E-state index in [1.54, 1.807) is 35.4 Å². The van der Waals surface area contributed by atoms with Gasteiger partial charge in [-0.15, -0.1) is 0 Å². The van der Waals surface area contributed by atoms with Crippen LogP contribution in [0.15, 0.2) is 73.1 Å². The van der Waals surface area contributed by atoms with Crippen molar-refractivity contribution in [2.75, 3.05) is 16.8 Å². The molecule has 5 heteroatoms. The summed E-state index contributed by atoms with van der Waals surface area (Å²) in [7, 11) is 0. The Morgan fingerprint density at radius 1 is 1.08 bits per heavy atom. The molecule has 0 aliphatic rings. The predicted molar refractivity (Wildman–Crippen MR) is 97.7 cm³/mol. The highest BCUT2D eigenvalue weighted by Gasteiger charge is 2.16. The number of hydrogen-bond acceptors (Lipinski definition) is 3. The molecule has 0 bridgehead atoms. The average molecular weight is 335 g/mol. The smallest absolute Gasteiger partial charge is 0.259 e. The molecule has 0 spiro atoms. The third-order valence-electron chi connectivity index (χ3n) is 3.77. The number of aromatic nitrogens is 1. The van der Waals surface area contributed by atoms with Crippen LogP contribution in [0, 0.1) is 5.82 Å². The topological polar surface area (TPSA) is 45.2 Å². The van der Waals surface area contributed by atoms with E-state index >= 15 is 0 Å². The third-order valence-corrected chi connectivity index (χ3v) is 3.77. The highest BCUT2D eigenvalue weighted by Crippen LogP contribution is 2.21. The van der Waals surface area contributed by atoms with Crippen molar-refractivity contribution in [2.24, 2.45) is 0 Å². The fourth-order valence-electron chi connectivity index (χ4n) is 2.55. The molecule has 0 unspecified atom stereocenters. The zero-order valence-electron chi connectivity index (χ0n) is 13.8. The number of pyridine rings is 1. The third kappa shape index (κ3) is 3.83. The molecule has 0 radical (unpaired) electrons. The van der Waals surface area contributed by atoms with Crippen LogP contribution >= 0.6 is 0 Å². The fraction of sp³-hybridized carbons (Fsp3) is 0.100. The van der Waals surface area contributed by atoms with Crippen molar-refractivity contribution in [3.63, 3.8) is 0 Å². The van der Waals surface area contributed by atoms with Crippen molar-refractivity contribution in [1.29, 1.82) is 0 Å². The lowest BCUT2D eigenvalue weighted by molar-refractivity contribution is 0.0988. The van der Waals surface area contributed by atoms with Crippen LogP contribution in [0.3, 0.4) is 0 Å². The van der Waals surface area contributed by atoms with Gasteiger partial charge < -0.3 is 10.2 Å². The van der Waals surface area contributed by atoms with Crippen LogP contribution < -0.4 is 10.2 Å². The van der Waals surface area contributed by atoms with Crippen molar-refractivity contribution in [2.45, 2.75) is 6.92 Å². The van der Waals surface area contributed by atoms with E-state index in [9.17, 15) is 9.18 Å². The molecule has 0 aliphatic heterocycles. The normalized spacial score (nSPS) is 10.3. The van der Waals surface area contributed by atoms with E-state index in [0.717, 1.165) is 5.69 Å². The monoisotopic (exact) mass is 335 g/mol. The maximum absolute atomic E-state index is 13.8. The first-order valence-electron chi connectivity index (χ1n) is 8.02. The van der Waals surface area contributed by atoms with Gasteiger partial charge in [-0.2, -0.15) is 0 Å². The summed E-state index contributed by atoms with van der Waals surface area (Å²) in [6, 6.07) is 17.5.